The number of sulfonamides is 1. The Balaban J connectivity index is 1.95. The summed E-state index contributed by atoms with van der Waals surface area (Å²) in [6.45, 7) is 1.14. The summed E-state index contributed by atoms with van der Waals surface area (Å²) in [4.78, 5) is 0.221. The van der Waals surface area contributed by atoms with Gasteiger partial charge in [0, 0.05) is 19.3 Å². The third-order valence-electron chi connectivity index (χ3n) is 4.42. The molecule has 0 radical (unpaired) electrons. The van der Waals surface area contributed by atoms with Crippen LogP contribution in [0.15, 0.2) is 17.0 Å². The van der Waals surface area contributed by atoms with Gasteiger partial charge in [-0.3, -0.25) is 0 Å². The lowest BCUT2D eigenvalue weighted by molar-refractivity contribution is 0.260. The Morgan fingerprint density at radius 3 is 2.76 bits per heavy atom. The largest absolute Gasteiger partial charge is 0.492 e. The lowest BCUT2D eigenvalue weighted by atomic mass is 9.86. The molecule has 0 spiro atoms. The first kappa shape index (κ1) is 14.7. The first-order valence-electron chi connectivity index (χ1n) is 7.50. The third kappa shape index (κ3) is 2.74. The molecule has 3 rings (SSSR count). The van der Waals surface area contributed by atoms with E-state index < -0.39 is 10.0 Å². The standard InChI is InChI=1S/C15H22N2O3S/c1-17(10-11-4-2-5-11)21(18,19)14-9-13(16)8-12-6-3-7-20-15(12)14/h8-9,11H,2-7,10,16H2,1H3. The molecule has 1 heterocycles. The van der Waals surface area contributed by atoms with Crippen LogP contribution in [0.5, 0.6) is 5.75 Å². The first-order chi connectivity index (χ1) is 9.98. The quantitative estimate of drug-likeness (QED) is 0.864. The second kappa shape index (κ2) is 5.50. The number of fused-ring (bicyclic) bond motifs is 1. The summed E-state index contributed by atoms with van der Waals surface area (Å²) in [5.74, 6) is 0.985. The number of rotatable bonds is 4. The summed E-state index contributed by atoms with van der Waals surface area (Å²) in [6, 6.07) is 3.34. The number of nitrogens with zero attached hydrogens (tertiary/aromatic N) is 1. The minimum absolute atomic E-state index is 0.221. The van der Waals surface area contributed by atoms with Gasteiger partial charge in [-0.2, -0.15) is 0 Å². The number of hydrogen-bond acceptors (Lipinski definition) is 4. The fourth-order valence-corrected chi connectivity index (χ4v) is 4.42. The van der Waals surface area contributed by atoms with Gasteiger partial charge in [-0.15, -0.1) is 0 Å². The molecule has 1 aromatic rings. The van der Waals surface area contributed by atoms with Gasteiger partial charge in [0.25, 0.3) is 0 Å². The minimum atomic E-state index is -3.55. The molecule has 0 unspecified atom stereocenters. The SMILES string of the molecule is CN(CC1CCC1)S(=O)(=O)c1cc(N)cc2c1OCCC2. The molecule has 5 nitrogen and oxygen atoms in total. The van der Waals surface area contributed by atoms with E-state index in [-0.39, 0.29) is 4.90 Å². The molecule has 0 atom stereocenters. The fourth-order valence-electron chi connectivity index (χ4n) is 2.97. The number of nitrogens with two attached hydrogens (primary N) is 1. The molecule has 0 amide bonds. The Hall–Kier alpha value is -1.27. The lowest BCUT2D eigenvalue weighted by Crippen LogP contribution is -2.34. The highest BCUT2D eigenvalue weighted by molar-refractivity contribution is 7.89. The Morgan fingerprint density at radius 2 is 2.10 bits per heavy atom. The molecule has 1 aromatic carbocycles. The van der Waals surface area contributed by atoms with Gasteiger partial charge < -0.3 is 10.5 Å². The summed E-state index contributed by atoms with van der Waals surface area (Å²) in [5.41, 5.74) is 7.26. The van der Waals surface area contributed by atoms with E-state index in [9.17, 15) is 8.42 Å². The molecule has 1 saturated carbocycles. The molecule has 1 aliphatic carbocycles. The lowest BCUT2D eigenvalue weighted by Gasteiger charge is -2.30. The second-order valence-electron chi connectivity index (χ2n) is 6.04. The van der Waals surface area contributed by atoms with Crippen LogP contribution < -0.4 is 10.5 Å². The monoisotopic (exact) mass is 310 g/mol. The van der Waals surface area contributed by atoms with Gasteiger partial charge in [0.15, 0.2) is 0 Å². The van der Waals surface area contributed by atoms with E-state index in [1.807, 2.05) is 6.07 Å². The normalized spacial score (nSPS) is 19.0. The van der Waals surface area contributed by atoms with Gasteiger partial charge in [0.1, 0.15) is 10.6 Å². The van der Waals surface area contributed by atoms with Crippen LogP contribution in [0.25, 0.3) is 0 Å². The molecule has 2 aliphatic rings. The van der Waals surface area contributed by atoms with Crippen LogP contribution in [0, 0.1) is 5.92 Å². The topological polar surface area (TPSA) is 72.6 Å². The van der Waals surface area contributed by atoms with E-state index in [0.717, 1.165) is 31.2 Å². The van der Waals surface area contributed by atoms with Gasteiger partial charge in [-0.1, -0.05) is 6.42 Å². The predicted molar refractivity (Wildman–Crippen MR) is 81.8 cm³/mol. The average Bonchev–Trinajstić information content (AvgIpc) is 2.41. The van der Waals surface area contributed by atoms with E-state index in [2.05, 4.69) is 0 Å². The van der Waals surface area contributed by atoms with Crippen molar-refractivity contribution in [3.05, 3.63) is 17.7 Å². The van der Waals surface area contributed by atoms with Crippen LogP contribution >= 0.6 is 0 Å². The number of benzene rings is 1. The molecule has 0 saturated heterocycles. The molecule has 0 bridgehead atoms. The molecular weight excluding hydrogens is 288 g/mol. The molecule has 2 N–H and O–H groups in total. The molecule has 0 aromatic heterocycles. The van der Waals surface area contributed by atoms with Crippen molar-refractivity contribution in [3.63, 3.8) is 0 Å². The van der Waals surface area contributed by atoms with Crippen LogP contribution in [-0.2, 0) is 16.4 Å². The predicted octanol–water partition coefficient (Wildman–Crippen LogP) is 2.01. The Kier molecular flexibility index (Phi) is 3.84. The zero-order valence-electron chi connectivity index (χ0n) is 12.3. The van der Waals surface area contributed by atoms with Crippen molar-refractivity contribution in [2.75, 3.05) is 25.9 Å². The molecule has 1 aliphatic heterocycles. The molecule has 1 fully saturated rings. The summed E-state index contributed by atoms with van der Waals surface area (Å²) < 4.78 is 32.7. The zero-order chi connectivity index (χ0) is 15.0. The summed E-state index contributed by atoms with van der Waals surface area (Å²) in [7, 11) is -1.90. The van der Waals surface area contributed by atoms with E-state index in [1.54, 1.807) is 7.05 Å². The fraction of sp³-hybridized carbons (Fsp3) is 0.600. The Labute approximate surface area is 126 Å². The van der Waals surface area contributed by atoms with Crippen LogP contribution in [-0.4, -0.2) is 32.9 Å². The van der Waals surface area contributed by atoms with Crippen molar-refractivity contribution < 1.29 is 13.2 Å². The van der Waals surface area contributed by atoms with Gasteiger partial charge in [0.05, 0.1) is 6.61 Å². The molecule has 21 heavy (non-hydrogen) atoms. The first-order valence-corrected chi connectivity index (χ1v) is 8.94. The number of aryl methyl sites for hydroxylation is 1. The van der Waals surface area contributed by atoms with Crippen molar-refractivity contribution >= 4 is 15.7 Å². The van der Waals surface area contributed by atoms with Crippen molar-refractivity contribution in [2.45, 2.75) is 37.0 Å². The van der Waals surface area contributed by atoms with Gasteiger partial charge in [-0.05, 0) is 49.3 Å². The molecular formula is C15H22N2O3S. The maximum absolute atomic E-state index is 12.8. The highest BCUT2D eigenvalue weighted by Gasteiger charge is 2.31. The average molecular weight is 310 g/mol. The maximum atomic E-state index is 12.8. The van der Waals surface area contributed by atoms with Crippen molar-refractivity contribution in [3.8, 4) is 5.75 Å². The van der Waals surface area contributed by atoms with E-state index in [0.29, 0.717) is 30.5 Å². The number of anilines is 1. The van der Waals surface area contributed by atoms with E-state index in [4.69, 9.17) is 10.5 Å². The third-order valence-corrected chi connectivity index (χ3v) is 6.25. The van der Waals surface area contributed by atoms with Gasteiger partial charge in [0.2, 0.25) is 10.0 Å². The van der Waals surface area contributed by atoms with Crippen LogP contribution in [0.4, 0.5) is 5.69 Å². The van der Waals surface area contributed by atoms with Gasteiger partial charge in [-0.25, -0.2) is 12.7 Å². The molecule has 116 valence electrons. The Morgan fingerprint density at radius 1 is 1.33 bits per heavy atom. The highest BCUT2D eigenvalue weighted by atomic mass is 32.2. The number of ether oxygens (including phenoxy) is 1. The molecule has 6 heteroatoms. The van der Waals surface area contributed by atoms with Crippen molar-refractivity contribution in [1.29, 1.82) is 0 Å². The maximum Gasteiger partial charge on any atom is 0.246 e. The summed E-state index contributed by atoms with van der Waals surface area (Å²) in [6.07, 6.45) is 5.15. The number of hydrogen-bond donors (Lipinski definition) is 1. The van der Waals surface area contributed by atoms with Crippen molar-refractivity contribution in [2.24, 2.45) is 5.92 Å². The smallest absolute Gasteiger partial charge is 0.246 e. The van der Waals surface area contributed by atoms with E-state index in [1.165, 1.54) is 16.8 Å². The van der Waals surface area contributed by atoms with Crippen LogP contribution in [0.2, 0.25) is 0 Å². The Bertz CT molecular complexity index is 639. The van der Waals surface area contributed by atoms with Crippen molar-refractivity contribution in [1.82, 2.24) is 4.31 Å². The highest BCUT2D eigenvalue weighted by Crippen LogP contribution is 2.36. The van der Waals surface area contributed by atoms with Crippen LogP contribution in [0.3, 0.4) is 0 Å². The number of nitrogen functional groups attached to an aromatic ring is 1. The second-order valence-corrected chi connectivity index (χ2v) is 8.06. The summed E-state index contributed by atoms with van der Waals surface area (Å²) >= 11 is 0. The minimum Gasteiger partial charge on any atom is -0.492 e. The summed E-state index contributed by atoms with van der Waals surface area (Å²) in [5, 5.41) is 0. The van der Waals surface area contributed by atoms with Gasteiger partial charge >= 0.3 is 0 Å². The zero-order valence-corrected chi connectivity index (χ0v) is 13.2. The van der Waals surface area contributed by atoms with E-state index >= 15 is 0 Å². The van der Waals surface area contributed by atoms with Crippen LogP contribution in [0.1, 0.15) is 31.2 Å².